The molecular formula is C14H15NOS. The van der Waals surface area contributed by atoms with Crippen molar-refractivity contribution in [2.45, 2.75) is 31.3 Å². The largest absolute Gasteiger partial charge is 0.329 e. The van der Waals surface area contributed by atoms with Crippen molar-refractivity contribution in [3.63, 3.8) is 0 Å². The van der Waals surface area contributed by atoms with Crippen LogP contribution in [-0.4, -0.2) is 22.9 Å². The third kappa shape index (κ3) is 2.07. The normalized spacial score (nSPS) is 26.9. The zero-order valence-electron chi connectivity index (χ0n) is 9.58. The molecule has 0 aliphatic carbocycles. The van der Waals surface area contributed by atoms with Gasteiger partial charge in [-0.05, 0) is 36.8 Å². The second-order valence-corrected chi connectivity index (χ2v) is 5.54. The summed E-state index contributed by atoms with van der Waals surface area (Å²) in [5.74, 6) is 0.162. The number of amides is 1. The van der Waals surface area contributed by atoms with E-state index in [2.05, 4.69) is 12.2 Å². The summed E-state index contributed by atoms with van der Waals surface area (Å²) in [6.45, 7) is 0. The summed E-state index contributed by atoms with van der Waals surface area (Å²) in [7, 11) is 0. The molecule has 3 rings (SSSR count). The van der Waals surface area contributed by atoms with E-state index in [9.17, 15) is 4.79 Å². The molecule has 0 spiro atoms. The first-order valence-corrected chi connectivity index (χ1v) is 6.93. The van der Waals surface area contributed by atoms with Gasteiger partial charge in [0.1, 0.15) is 0 Å². The lowest BCUT2D eigenvalue weighted by atomic mass is 10.1. The molecule has 1 aromatic heterocycles. The van der Waals surface area contributed by atoms with Gasteiger partial charge in [0, 0.05) is 17.0 Å². The molecule has 1 amide bonds. The van der Waals surface area contributed by atoms with Gasteiger partial charge in [0.2, 0.25) is 5.91 Å². The van der Waals surface area contributed by atoms with Gasteiger partial charge < -0.3 is 4.90 Å². The van der Waals surface area contributed by atoms with Crippen molar-refractivity contribution < 1.29 is 4.79 Å². The van der Waals surface area contributed by atoms with Crippen LogP contribution in [0, 0.1) is 0 Å². The van der Waals surface area contributed by atoms with E-state index in [4.69, 9.17) is 0 Å². The molecule has 2 atom stereocenters. The van der Waals surface area contributed by atoms with E-state index in [1.165, 1.54) is 0 Å². The van der Waals surface area contributed by atoms with Gasteiger partial charge in [-0.15, -0.1) is 11.3 Å². The zero-order chi connectivity index (χ0) is 11.7. The fourth-order valence-electron chi connectivity index (χ4n) is 2.69. The van der Waals surface area contributed by atoms with Crippen LogP contribution >= 0.6 is 11.3 Å². The Morgan fingerprint density at radius 1 is 1.47 bits per heavy atom. The molecule has 1 aromatic rings. The Kier molecular flexibility index (Phi) is 2.85. The lowest BCUT2D eigenvalue weighted by Crippen LogP contribution is -2.41. The van der Waals surface area contributed by atoms with Gasteiger partial charge in [-0.3, -0.25) is 4.79 Å². The van der Waals surface area contributed by atoms with Crippen LogP contribution in [0.5, 0.6) is 0 Å². The molecule has 2 nitrogen and oxygen atoms in total. The Balaban J connectivity index is 1.73. The van der Waals surface area contributed by atoms with Crippen LogP contribution in [0.25, 0.3) is 6.08 Å². The Bertz CT molecular complexity index is 461. The predicted molar refractivity (Wildman–Crippen MR) is 70.8 cm³/mol. The first-order valence-electron chi connectivity index (χ1n) is 6.05. The first kappa shape index (κ1) is 10.8. The minimum Gasteiger partial charge on any atom is -0.329 e. The molecule has 0 radical (unpaired) electrons. The second-order valence-electron chi connectivity index (χ2n) is 4.56. The minimum absolute atomic E-state index is 0.162. The predicted octanol–water partition coefficient (Wildman–Crippen LogP) is 3.08. The Morgan fingerprint density at radius 2 is 2.41 bits per heavy atom. The summed E-state index contributed by atoms with van der Waals surface area (Å²) in [6.07, 6.45) is 11.3. The Hall–Kier alpha value is -1.35. The van der Waals surface area contributed by atoms with Crippen LogP contribution in [0.2, 0.25) is 0 Å². The minimum atomic E-state index is 0.162. The van der Waals surface area contributed by atoms with Gasteiger partial charge in [-0.2, -0.15) is 0 Å². The molecule has 1 saturated heterocycles. The van der Waals surface area contributed by atoms with Crippen molar-refractivity contribution in [3.05, 3.63) is 40.6 Å². The summed E-state index contributed by atoms with van der Waals surface area (Å²) in [6, 6.07) is 4.81. The molecule has 2 aliphatic rings. The molecule has 88 valence electrons. The molecule has 17 heavy (non-hydrogen) atoms. The maximum Gasteiger partial charge on any atom is 0.247 e. The van der Waals surface area contributed by atoms with Crippen molar-refractivity contribution in [2.75, 3.05) is 0 Å². The lowest BCUT2D eigenvalue weighted by molar-refractivity contribution is -0.128. The van der Waals surface area contributed by atoms with Gasteiger partial charge in [0.15, 0.2) is 0 Å². The molecule has 0 saturated carbocycles. The summed E-state index contributed by atoms with van der Waals surface area (Å²) in [4.78, 5) is 15.3. The molecular weight excluding hydrogens is 230 g/mol. The first-order chi connectivity index (χ1) is 8.34. The maximum atomic E-state index is 12.2. The zero-order valence-corrected chi connectivity index (χ0v) is 10.4. The highest BCUT2D eigenvalue weighted by molar-refractivity contribution is 7.10. The van der Waals surface area contributed by atoms with Gasteiger partial charge in [-0.1, -0.05) is 18.2 Å². The van der Waals surface area contributed by atoms with Crippen molar-refractivity contribution in [2.24, 2.45) is 0 Å². The molecule has 1 fully saturated rings. The number of rotatable bonds is 2. The number of thiophene rings is 1. The quantitative estimate of drug-likeness (QED) is 0.579. The van der Waals surface area contributed by atoms with Crippen molar-refractivity contribution in [1.29, 1.82) is 0 Å². The van der Waals surface area contributed by atoms with E-state index in [0.717, 1.165) is 24.1 Å². The number of hydrogen-bond acceptors (Lipinski definition) is 2. The van der Waals surface area contributed by atoms with Crippen LogP contribution < -0.4 is 0 Å². The number of hydrogen-bond donors (Lipinski definition) is 0. The van der Waals surface area contributed by atoms with Crippen LogP contribution in [0.1, 0.15) is 24.1 Å². The highest BCUT2D eigenvalue weighted by Gasteiger charge is 2.35. The molecule has 2 bridgehead atoms. The standard InChI is InChI=1S/C14H15NOS/c16-14(9-8-13-5-2-10-17-13)15-11-3-1-4-12(15)7-6-11/h1-3,5,8-12H,4,6-7H2/b9-8+. The van der Waals surface area contributed by atoms with Gasteiger partial charge in [0.25, 0.3) is 0 Å². The molecule has 2 aliphatic heterocycles. The van der Waals surface area contributed by atoms with Gasteiger partial charge in [-0.25, -0.2) is 0 Å². The highest BCUT2D eigenvalue weighted by Crippen LogP contribution is 2.31. The average Bonchev–Trinajstić information content (AvgIpc) is 2.93. The average molecular weight is 245 g/mol. The number of carbonyl (C=O) groups is 1. The maximum absolute atomic E-state index is 12.2. The Labute approximate surface area is 105 Å². The highest BCUT2D eigenvalue weighted by atomic mass is 32.1. The third-order valence-electron chi connectivity index (χ3n) is 3.50. The van der Waals surface area contributed by atoms with E-state index in [-0.39, 0.29) is 5.91 Å². The van der Waals surface area contributed by atoms with Crippen LogP contribution in [0.15, 0.2) is 35.7 Å². The van der Waals surface area contributed by atoms with Gasteiger partial charge >= 0.3 is 0 Å². The number of carbonyl (C=O) groups excluding carboxylic acids is 1. The molecule has 2 unspecified atom stereocenters. The molecule has 0 aromatic carbocycles. The van der Waals surface area contributed by atoms with Crippen LogP contribution in [0.3, 0.4) is 0 Å². The summed E-state index contributed by atoms with van der Waals surface area (Å²) < 4.78 is 0. The van der Waals surface area contributed by atoms with Crippen molar-refractivity contribution in [3.8, 4) is 0 Å². The summed E-state index contributed by atoms with van der Waals surface area (Å²) in [5.41, 5.74) is 0. The van der Waals surface area contributed by atoms with Crippen LogP contribution in [0.4, 0.5) is 0 Å². The smallest absolute Gasteiger partial charge is 0.247 e. The summed E-state index contributed by atoms with van der Waals surface area (Å²) >= 11 is 1.66. The van der Waals surface area contributed by atoms with E-state index >= 15 is 0 Å². The fourth-order valence-corrected chi connectivity index (χ4v) is 3.31. The molecule has 0 N–H and O–H groups in total. The van der Waals surface area contributed by atoms with E-state index < -0.39 is 0 Å². The third-order valence-corrected chi connectivity index (χ3v) is 4.34. The monoisotopic (exact) mass is 245 g/mol. The van der Waals surface area contributed by atoms with Gasteiger partial charge in [0.05, 0.1) is 6.04 Å². The topological polar surface area (TPSA) is 20.3 Å². The van der Waals surface area contributed by atoms with Crippen molar-refractivity contribution in [1.82, 2.24) is 4.90 Å². The molecule has 3 heterocycles. The molecule has 3 heteroatoms. The van der Waals surface area contributed by atoms with Crippen molar-refractivity contribution >= 4 is 23.3 Å². The summed E-state index contributed by atoms with van der Waals surface area (Å²) in [5, 5.41) is 2.03. The second kappa shape index (κ2) is 4.49. The lowest BCUT2D eigenvalue weighted by Gasteiger charge is -2.30. The van der Waals surface area contributed by atoms with Crippen LogP contribution in [-0.2, 0) is 4.79 Å². The fraction of sp³-hybridized carbons (Fsp3) is 0.357. The Morgan fingerprint density at radius 3 is 3.18 bits per heavy atom. The number of nitrogens with zero attached hydrogens (tertiary/aromatic N) is 1. The number of fused-ring (bicyclic) bond motifs is 2. The van der Waals surface area contributed by atoms with E-state index in [0.29, 0.717) is 12.1 Å². The SMILES string of the molecule is O=C(/C=C/c1cccs1)N1C2C=CCC1CC2. The van der Waals surface area contributed by atoms with E-state index in [1.54, 1.807) is 17.4 Å². The van der Waals surface area contributed by atoms with E-state index in [1.807, 2.05) is 28.5 Å².